The second kappa shape index (κ2) is 5.35. The molecule has 1 rings (SSSR count). The predicted molar refractivity (Wildman–Crippen MR) is 61.1 cm³/mol. The van der Waals surface area contributed by atoms with E-state index < -0.39 is 0 Å². The first-order valence-corrected chi connectivity index (χ1v) is 5.07. The van der Waals surface area contributed by atoms with Crippen LogP contribution in [0.4, 0.5) is 0 Å². The first kappa shape index (κ1) is 11.5. The van der Waals surface area contributed by atoms with Gasteiger partial charge in [0.05, 0.1) is 6.26 Å². The van der Waals surface area contributed by atoms with Crippen molar-refractivity contribution < 1.29 is 9.53 Å². The lowest BCUT2D eigenvalue weighted by Crippen LogP contribution is -2.06. The van der Waals surface area contributed by atoms with E-state index in [9.17, 15) is 4.79 Å². The van der Waals surface area contributed by atoms with Crippen LogP contribution in [0.15, 0.2) is 36.6 Å². The van der Waals surface area contributed by atoms with Gasteiger partial charge in [0.25, 0.3) is 0 Å². The molecule has 0 aromatic heterocycles. The van der Waals surface area contributed by atoms with Crippen molar-refractivity contribution >= 4 is 5.78 Å². The molecule has 0 spiro atoms. The molecule has 0 amide bonds. The molecule has 0 aliphatic heterocycles. The first-order valence-electron chi connectivity index (χ1n) is 5.07. The van der Waals surface area contributed by atoms with Crippen LogP contribution in [-0.2, 0) is 0 Å². The van der Waals surface area contributed by atoms with Crippen LogP contribution >= 0.6 is 0 Å². The van der Waals surface area contributed by atoms with Gasteiger partial charge in [-0.1, -0.05) is 19.9 Å². The number of benzene rings is 1. The fraction of sp³-hybridized carbons (Fsp3) is 0.308. The number of ketones is 1. The topological polar surface area (TPSA) is 26.3 Å². The minimum atomic E-state index is 0.0345. The van der Waals surface area contributed by atoms with Crippen LogP contribution in [0.2, 0.25) is 0 Å². The summed E-state index contributed by atoms with van der Waals surface area (Å²) in [5.41, 5.74) is 0.734. The zero-order chi connectivity index (χ0) is 11.3. The molecule has 0 aliphatic rings. The Labute approximate surface area is 90.6 Å². The Kier molecular flexibility index (Phi) is 4.10. The standard InChI is InChI=1S/C13H16O2/c1-4-9-15-12-7-5-11(6-8-12)13(14)10(2)3/h4-10H,1-3H3. The highest BCUT2D eigenvalue weighted by Gasteiger charge is 2.09. The van der Waals surface area contributed by atoms with Gasteiger partial charge >= 0.3 is 0 Å². The molecule has 0 saturated carbocycles. The lowest BCUT2D eigenvalue weighted by Gasteiger charge is -2.05. The predicted octanol–water partition coefficient (Wildman–Crippen LogP) is 3.44. The van der Waals surface area contributed by atoms with Crippen LogP contribution in [-0.4, -0.2) is 5.78 Å². The van der Waals surface area contributed by atoms with E-state index >= 15 is 0 Å². The summed E-state index contributed by atoms with van der Waals surface area (Å²) in [6, 6.07) is 7.19. The molecule has 0 saturated heterocycles. The van der Waals surface area contributed by atoms with E-state index in [1.807, 2.05) is 26.8 Å². The Balaban J connectivity index is 2.76. The number of carbonyl (C=O) groups is 1. The summed E-state index contributed by atoms with van der Waals surface area (Å²) in [6.45, 7) is 5.68. The fourth-order valence-electron chi connectivity index (χ4n) is 1.18. The quantitative estimate of drug-likeness (QED) is 0.554. The number of Topliss-reactive ketones (excluding diaryl/α,β-unsaturated/α-hetero) is 1. The van der Waals surface area contributed by atoms with Crippen LogP contribution < -0.4 is 4.74 Å². The van der Waals surface area contributed by atoms with Gasteiger partial charge in [-0.3, -0.25) is 4.79 Å². The molecular formula is C13H16O2. The Morgan fingerprint density at radius 1 is 1.27 bits per heavy atom. The van der Waals surface area contributed by atoms with Crippen LogP contribution in [0.5, 0.6) is 5.75 Å². The van der Waals surface area contributed by atoms with E-state index in [0.29, 0.717) is 0 Å². The minimum Gasteiger partial charge on any atom is -0.465 e. The summed E-state index contributed by atoms with van der Waals surface area (Å²) in [6.07, 6.45) is 3.42. The SMILES string of the molecule is CC=COc1ccc(C(=O)C(C)C)cc1. The summed E-state index contributed by atoms with van der Waals surface area (Å²) < 4.78 is 5.26. The number of hydrogen-bond acceptors (Lipinski definition) is 2. The molecule has 2 heteroatoms. The smallest absolute Gasteiger partial charge is 0.165 e. The van der Waals surface area contributed by atoms with E-state index in [0.717, 1.165) is 11.3 Å². The zero-order valence-corrected chi connectivity index (χ0v) is 9.36. The average molecular weight is 204 g/mol. The Hall–Kier alpha value is -1.57. The van der Waals surface area contributed by atoms with E-state index in [1.54, 1.807) is 30.5 Å². The molecule has 80 valence electrons. The molecule has 1 aromatic rings. The van der Waals surface area contributed by atoms with Gasteiger partial charge in [-0.05, 0) is 31.2 Å². The monoisotopic (exact) mass is 204 g/mol. The second-order valence-electron chi connectivity index (χ2n) is 3.63. The molecule has 0 atom stereocenters. The summed E-state index contributed by atoms with van der Waals surface area (Å²) in [4.78, 5) is 11.6. The summed E-state index contributed by atoms with van der Waals surface area (Å²) in [7, 11) is 0. The largest absolute Gasteiger partial charge is 0.465 e. The normalized spacial score (nSPS) is 10.9. The lowest BCUT2D eigenvalue weighted by atomic mass is 10.0. The molecule has 1 aromatic carbocycles. The maximum absolute atomic E-state index is 11.6. The maximum Gasteiger partial charge on any atom is 0.165 e. The molecule has 0 bridgehead atoms. The summed E-state index contributed by atoms with van der Waals surface area (Å²) in [5.74, 6) is 0.938. The molecule has 15 heavy (non-hydrogen) atoms. The van der Waals surface area contributed by atoms with Crippen LogP contribution in [0.3, 0.4) is 0 Å². The number of rotatable bonds is 4. The molecule has 2 nitrogen and oxygen atoms in total. The van der Waals surface area contributed by atoms with Gasteiger partial charge in [0, 0.05) is 11.5 Å². The van der Waals surface area contributed by atoms with Crippen molar-refractivity contribution in [2.75, 3.05) is 0 Å². The molecule has 0 unspecified atom stereocenters. The molecular weight excluding hydrogens is 188 g/mol. The van der Waals surface area contributed by atoms with Crippen molar-refractivity contribution in [2.45, 2.75) is 20.8 Å². The molecule has 0 heterocycles. The van der Waals surface area contributed by atoms with Crippen molar-refractivity contribution in [3.63, 3.8) is 0 Å². The lowest BCUT2D eigenvalue weighted by molar-refractivity contribution is 0.0939. The number of allylic oxidation sites excluding steroid dienone is 1. The van der Waals surface area contributed by atoms with E-state index in [-0.39, 0.29) is 11.7 Å². The summed E-state index contributed by atoms with van der Waals surface area (Å²) >= 11 is 0. The first-order chi connectivity index (χ1) is 7.15. The Morgan fingerprint density at radius 3 is 2.33 bits per heavy atom. The minimum absolute atomic E-state index is 0.0345. The van der Waals surface area contributed by atoms with Crippen molar-refractivity contribution in [3.8, 4) is 5.75 Å². The van der Waals surface area contributed by atoms with E-state index in [4.69, 9.17) is 4.74 Å². The zero-order valence-electron chi connectivity index (χ0n) is 9.36. The van der Waals surface area contributed by atoms with Crippen molar-refractivity contribution in [3.05, 3.63) is 42.2 Å². The van der Waals surface area contributed by atoms with Gasteiger partial charge in [-0.25, -0.2) is 0 Å². The Bertz CT molecular complexity index is 347. The van der Waals surface area contributed by atoms with Gasteiger partial charge in [0.1, 0.15) is 5.75 Å². The van der Waals surface area contributed by atoms with Gasteiger partial charge in [-0.2, -0.15) is 0 Å². The van der Waals surface area contributed by atoms with Gasteiger partial charge in [0.15, 0.2) is 5.78 Å². The molecule has 0 aliphatic carbocycles. The molecule has 0 fully saturated rings. The van der Waals surface area contributed by atoms with Crippen molar-refractivity contribution in [1.82, 2.24) is 0 Å². The van der Waals surface area contributed by atoms with Crippen LogP contribution in [0, 0.1) is 5.92 Å². The van der Waals surface area contributed by atoms with Crippen LogP contribution in [0.25, 0.3) is 0 Å². The van der Waals surface area contributed by atoms with Crippen molar-refractivity contribution in [1.29, 1.82) is 0 Å². The van der Waals surface area contributed by atoms with Crippen LogP contribution in [0.1, 0.15) is 31.1 Å². The number of carbonyl (C=O) groups excluding carboxylic acids is 1. The molecule has 0 N–H and O–H groups in total. The Morgan fingerprint density at radius 2 is 1.87 bits per heavy atom. The van der Waals surface area contributed by atoms with Gasteiger partial charge in [0.2, 0.25) is 0 Å². The van der Waals surface area contributed by atoms with Gasteiger partial charge in [-0.15, -0.1) is 0 Å². The van der Waals surface area contributed by atoms with Gasteiger partial charge < -0.3 is 4.74 Å². The third kappa shape index (κ3) is 3.24. The highest BCUT2D eigenvalue weighted by Crippen LogP contribution is 2.15. The van der Waals surface area contributed by atoms with E-state index in [2.05, 4.69) is 0 Å². The third-order valence-electron chi connectivity index (χ3n) is 2.00. The van der Waals surface area contributed by atoms with E-state index in [1.165, 1.54) is 0 Å². The maximum atomic E-state index is 11.6. The number of hydrogen-bond donors (Lipinski definition) is 0. The highest BCUT2D eigenvalue weighted by atomic mass is 16.5. The highest BCUT2D eigenvalue weighted by molar-refractivity contribution is 5.97. The third-order valence-corrected chi connectivity index (χ3v) is 2.00. The molecule has 0 radical (unpaired) electrons. The number of ether oxygens (including phenoxy) is 1. The van der Waals surface area contributed by atoms with Crippen molar-refractivity contribution in [2.24, 2.45) is 5.92 Å². The average Bonchev–Trinajstić information content (AvgIpc) is 2.26. The second-order valence-corrected chi connectivity index (χ2v) is 3.63. The fourth-order valence-corrected chi connectivity index (χ4v) is 1.18. The summed E-state index contributed by atoms with van der Waals surface area (Å²) in [5, 5.41) is 0.